The lowest BCUT2D eigenvalue weighted by Crippen LogP contribution is -2.59. The van der Waals surface area contributed by atoms with Crippen LogP contribution in [0.1, 0.15) is 118 Å². The topological polar surface area (TPSA) is 199 Å². The van der Waals surface area contributed by atoms with Crippen LogP contribution in [0, 0.1) is 6.92 Å². The van der Waals surface area contributed by atoms with E-state index in [4.69, 9.17) is 18.9 Å². The van der Waals surface area contributed by atoms with E-state index in [1.165, 1.54) is 0 Å². The zero-order valence-electron chi connectivity index (χ0n) is 41.2. The molecule has 0 aromatic heterocycles. The lowest BCUT2D eigenvalue weighted by atomic mass is 9.99. The molecule has 0 amide bonds. The van der Waals surface area contributed by atoms with Gasteiger partial charge in [-0.1, -0.05) is 56.2 Å². The van der Waals surface area contributed by atoms with Gasteiger partial charge in [0.05, 0.1) is 24.6 Å². The van der Waals surface area contributed by atoms with Crippen LogP contribution in [0.2, 0.25) is 0 Å². The third-order valence-electron chi connectivity index (χ3n) is 11.6. The molecule has 1 aromatic carbocycles. The number of hydrogen-bond donors (Lipinski definition) is 4. The molecule has 0 aliphatic carbocycles. The standard InChI is InChI=1S/C48H86N4O12S2/c1-38-19-21-39(22-20-38)66(59,60)65-34-18-28-50-25-17-27-51(35-41(54)63-47(2,3)4)31-29-49(24-16-26-52(32-30-50)36-42(55)64-48(5,6)7)23-14-12-10-8-9-11-13-15-33-61-46-45(58)44(57)43(56)40(37-53)62-46/h19-22,40,43-46,53,56-58H,8-18,23-37H2,1-7H3/t40?,43-,44?,45+,46-/m1/s1. The first kappa shape index (κ1) is 58.4. The summed E-state index contributed by atoms with van der Waals surface area (Å²) in [5, 5.41) is 39.5. The third-order valence-corrected chi connectivity index (χ3v) is 15.2. The van der Waals surface area contributed by atoms with Gasteiger partial charge in [0, 0.05) is 51.6 Å². The van der Waals surface area contributed by atoms with E-state index in [0.29, 0.717) is 56.4 Å². The highest BCUT2D eigenvalue weighted by molar-refractivity contribution is 8.72. The van der Waals surface area contributed by atoms with E-state index < -0.39 is 57.4 Å². The molecule has 382 valence electrons. The van der Waals surface area contributed by atoms with E-state index in [-0.39, 0.29) is 25.0 Å². The van der Waals surface area contributed by atoms with Crippen LogP contribution in [0.15, 0.2) is 29.2 Å². The Kier molecular flexibility index (Phi) is 26.5. The monoisotopic (exact) mass is 975 g/mol. The average Bonchev–Trinajstić information content (AvgIpc) is 3.22. The van der Waals surface area contributed by atoms with E-state index in [0.717, 1.165) is 113 Å². The number of benzene rings is 1. The highest BCUT2D eigenvalue weighted by atomic mass is 33.1. The molecule has 0 radical (unpaired) electrons. The molecule has 2 fully saturated rings. The number of aryl methyl sites for hydroxylation is 1. The van der Waals surface area contributed by atoms with E-state index in [1.807, 2.05) is 60.6 Å². The van der Waals surface area contributed by atoms with Gasteiger partial charge in [-0.3, -0.25) is 19.4 Å². The van der Waals surface area contributed by atoms with Crippen molar-refractivity contribution in [1.29, 1.82) is 0 Å². The molecular weight excluding hydrogens is 889 g/mol. The van der Waals surface area contributed by atoms with Crippen LogP contribution in [0.4, 0.5) is 0 Å². The fourth-order valence-electron chi connectivity index (χ4n) is 8.06. The Balaban J connectivity index is 1.54. The summed E-state index contributed by atoms with van der Waals surface area (Å²) in [7, 11) is -2.48. The molecule has 4 N–H and O–H groups in total. The first-order valence-corrected chi connectivity index (χ1v) is 27.4. The SMILES string of the molecule is Cc1ccc(S(=O)(=O)SCCCN2CCCN(CC(=O)OC(C)(C)C)CCN(CCCCCCCCCCO[C@@H]3OC(CO)[C@@H](O)C(O)[C@@H]3O)CCCN(CC(=O)OC(C)(C)C)CC2)cc1. The molecule has 18 heteroatoms. The van der Waals surface area contributed by atoms with Gasteiger partial charge in [-0.15, -0.1) is 0 Å². The van der Waals surface area contributed by atoms with Crippen LogP contribution in [0.3, 0.4) is 0 Å². The Morgan fingerprint density at radius 1 is 0.652 bits per heavy atom. The summed E-state index contributed by atoms with van der Waals surface area (Å²) in [4.78, 5) is 35.8. The van der Waals surface area contributed by atoms with Crippen molar-refractivity contribution in [2.75, 3.05) is 97.5 Å². The Hall–Kier alpha value is -1.94. The lowest BCUT2D eigenvalue weighted by molar-refractivity contribution is -0.301. The van der Waals surface area contributed by atoms with E-state index >= 15 is 0 Å². The molecule has 0 bridgehead atoms. The maximum absolute atomic E-state index is 13.1. The minimum absolute atomic E-state index is 0.199. The fraction of sp³-hybridized carbons (Fsp3) is 0.833. The van der Waals surface area contributed by atoms with Crippen LogP contribution >= 0.6 is 10.8 Å². The van der Waals surface area contributed by atoms with E-state index in [1.54, 1.807) is 12.1 Å². The first-order chi connectivity index (χ1) is 31.2. The van der Waals surface area contributed by atoms with Crippen molar-refractivity contribution < 1.29 is 57.4 Å². The van der Waals surface area contributed by atoms with Gasteiger partial charge >= 0.3 is 11.9 Å². The first-order valence-electron chi connectivity index (χ1n) is 24.4. The van der Waals surface area contributed by atoms with Gasteiger partial charge in [0.2, 0.25) is 8.87 Å². The largest absolute Gasteiger partial charge is 0.459 e. The second-order valence-electron chi connectivity index (χ2n) is 20.0. The van der Waals surface area contributed by atoms with Crippen molar-refractivity contribution >= 4 is 31.6 Å². The highest BCUT2D eigenvalue weighted by Gasteiger charge is 2.44. The van der Waals surface area contributed by atoms with Crippen LogP contribution < -0.4 is 0 Å². The summed E-state index contributed by atoms with van der Waals surface area (Å²) in [6, 6.07) is 6.96. The average molecular weight is 975 g/mol. The predicted molar refractivity (Wildman–Crippen MR) is 259 cm³/mol. The molecule has 2 aliphatic rings. The quantitative estimate of drug-likeness (QED) is 0.0682. The van der Waals surface area contributed by atoms with Gasteiger partial charge in [0.1, 0.15) is 35.6 Å². The number of rotatable bonds is 23. The number of nitrogens with zero attached hydrogens (tertiary/aromatic N) is 4. The van der Waals surface area contributed by atoms with Crippen molar-refractivity contribution in [3.63, 3.8) is 0 Å². The van der Waals surface area contributed by atoms with Crippen molar-refractivity contribution in [2.45, 2.75) is 166 Å². The van der Waals surface area contributed by atoms with Gasteiger partial charge in [-0.25, -0.2) is 8.42 Å². The molecule has 16 nitrogen and oxygen atoms in total. The summed E-state index contributed by atoms with van der Waals surface area (Å²) < 4.78 is 48.6. The molecule has 1 aromatic rings. The molecule has 2 saturated heterocycles. The molecule has 2 unspecified atom stereocenters. The summed E-state index contributed by atoms with van der Waals surface area (Å²) in [6.07, 6.45) is 4.36. The number of ether oxygens (including phenoxy) is 4. The highest BCUT2D eigenvalue weighted by Crippen LogP contribution is 2.25. The Morgan fingerprint density at radius 3 is 1.61 bits per heavy atom. The van der Waals surface area contributed by atoms with Gasteiger partial charge < -0.3 is 49.2 Å². The summed E-state index contributed by atoms with van der Waals surface area (Å²) in [5.41, 5.74) is -0.152. The van der Waals surface area contributed by atoms with Gasteiger partial charge in [0.25, 0.3) is 0 Å². The second kappa shape index (κ2) is 29.9. The maximum Gasteiger partial charge on any atom is 0.320 e. The summed E-state index contributed by atoms with van der Waals surface area (Å²) in [6.45, 7) is 21.1. The molecule has 0 spiro atoms. The number of aliphatic hydroxyl groups excluding tert-OH is 4. The number of unbranched alkanes of at least 4 members (excludes halogenated alkanes) is 7. The van der Waals surface area contributed by atoms with Gasteiger partial charge in [0.15, 0.2) is 6.29 Å². The molecular formula is C48H86N4O12S2. The van der Waals surface area contributed by atoms with Crippen molar-refractivity contribution in [2.24, 2.45) is 0 Å². The molecule has 2 aliphatic heterocycles. The lowest BCUT2D eigenvalue weighted by Gasteiger charge is -2.39. The number of esters is 2. The second-order valence-corrected chi connectivity index (χ2v) is 24.0. The smallest absolute Gasteiger partial charge is 0.320 e. The van der Waals surface area contributed by atoms with Crippen LogP contribution in [0.25, 0.3) is 0 Å². The van der Waals surface area contributed by atoms with Crippen molar-refractivity contribution in [3.8, 4) is 0 Å². The maximum atomic E-state index is 13.1. The van der Waals surface area contributed by atoms with E-state index in [9.17, 15) is 38.4 Å². The van der Waals surface area contributed by atoms with Crippen LogP contribution in [0.5, 0.6) is 0 Å². The van der Waals surface area contributed by atoms with Gasteiger partial charge in [-0.2, -0.15) is 0 Å². The number of hydrogen-bond acceptors (Lipinski definition) is 17. The Labute approximate surface area is 400 Å². The zero-order chi connectivity index (χ0) is 48.8. The Morgan fingerprint density at radius 2 is 1.11 bits per heavy atom. The fourth-order valence-corrected chi connectivity index (χ4v) is 10.9. The van der Waals surface area contributed by atoms with Gasteiger partial charge in [-0.05, 0) is 130 Å². The third kappa shape index (κ3) is 24.1. The zero-order valence-corrected chi connectivity index (χ0v) is 42.9. The molecule has 5 atom stereocenters. The molecule has 2 heterocycles. The molecule has 66 heavy (non-hydrogen) atoms. The molecule has 0 saturated carbocycles. The summed E-state index contributed by atoms with van der Waals surface area (Å²) in [5.74, 6) is -0.0218. The normalized spacial score (nSPS) is 23.3. The number of aliphatic hydroxyl groups is 4. The predicted octanol–water partition coefficient (Wildman–Crippen LogP) is 4.43. The number of carbonyl (C=O) groups excluding carboxylic acids is 2. The number of carbonyl (C=O) groups is 2. The van der Waals surface area contributed by atoms with Crippen molar-refractivity contribution in [1.82, 2.24) is 19.6 Å². The van der Waals surface area contributed by atoms with E-state index in [2.05, 4.69) is 19.6 Å². The van der Waals surface area contributed by atoms with Crippen LogP contribution in [-0.2, 0) is 37.4 Å². The minimum Gasteiger partial charge on any atom is -0.459 e. The minimum atomic E-state index is -3.46. The summed E-state index contributed by atoms with van der Waals surface area (Å²) >= 11 is 0. The molecule has 3 rings (SSSR count). The van der Waals surface area contributed by atoms with Crippen LogP contribution in [-0.4, -0.2) is 200 Å². The Bertz CT molecular complexity index is 1630. The van der Waals surface area contributed by atoms with Crippen molar-refractivity contribution in [3.05, 3.63) is 29.8 Å².